The van der Waals surface area contributed by atoms with E-state index in [1.54, 1.807) is 0 Å². The van der Waals surface area contributed by atoms with Gasteiger partial charge in [-0.3, -0.25) is 0 Å². The van der Waals surface area contributed by atoms with Crippen molar-refractivity contribution in [2.24, 2.45) is 0 Å². The molecule has 2 rings (SSSR count). The maximum absolute atomic E-state index is 8.80. The van der Waals surface area contributed by atoms with Gasteiger partial charge in [-0.05, 0) is 18.6 Å². The number of H-pyrrole nitrogens is 1. The molecule has 0 aliphatic heterocycles. The van der Waals surface area contributed by atoms with E-state index in [2.05, 4.69) is 21.7 Å². The van der Waals surface area contributed by atoms with Crippen molar-refractivity contribution in [2.45, 2.75) is 12.8 Å². The summed E-state index contributed by atoms with van der Waals surface area (Å²) < 4.78 is 2.11. The van der Waals surface area contributed by atoms with Crippen LogP contribution in [0.25, 0.3) is 5.69 Å². The molecule has 0 aliphatic rings. The largest absolute Gasteiger partial charge is 1.00 e. The van der Waals surface area contributed by atoms with Crippen molar-refractivity contribution in [1.82, 2.24) is 4.98 Å². The van der Waals surface area contributed by atoms with E-state index in [9.17, 15) is 0 Å². The normalized spacial score (nSPS) is 9.81. The molecule has 0 amide bonds. The zero-order chi connectivity index (χ0) is 10.5. The standard InChI is InChI=1S/C12H14N2O.BrH/c15-10-4-7-12-13-8-9-14(12)11-5-2-1-3-6-11;/h1-3,5-6,8-9,15H,4,7,10H2;1H. The predicted octanol–water partition coefficient (Wildman–Crippen LogP) is -1.78. The average molecular weight is 283 g/mol. The quantitative estimate of drug-likeness (QED) is 0.640. The molecule has 86 valence electrons. The molecular weight excluding hydrogens is 268 g/mol. The molecule has 1 aromatic heterocycles. The maximum Gasteiger partial charge on any atom is 0.259 e. The van der Waals surface area contributed by atoms with Gasteiger partial charge in [-0.2, -0.15) is 4.57 Å². The van der Waals surface area contributed by atoms with Crippen molar-refractivity contribution in [2.75, 3.05) is 6.61 Å². The number of aromatic amines is 1. The summed E-state index contributed by atoms with van der Waals surface area (Å²) >= 11 is 0. The van der Waals surface area contributed by atoms with Crippen LogP contribution in [0.5, 0.6) is 0 Å². The minimum absolute atomic E-state index is 0. The molecule has 1 aromatic carbocycles. The fraction of sp³-hybridized carbons (Fsp3) is 0.250. The Kier molecular flexibility index (Phi) is 5.22. The van der Waals surface area contributed by atoms with E-state index in [-0.39, 0.29) is 23.6 Å². The summed E-state index contributed by atoms with van der Waals surface area (Å²) in [6, 6.07) is 10.2. The van der Waals surface area contributed by atoms with Gasteiger partial charge < -0.3 is 22.1 Å². The fourth-order valence-electron chi connectivity index (χ4n) is 1.64. The summed E-state index contributed by atoms with van der Waals surface area (Å²) in [6.45, 7) is 0.230. The Morgan fingerprint density at radius 2 is 1.94 bits per heavy atom. The molecule has 0 fully saturated rings. The first-order valence-electron chi connectivity index (χ1n) is 5.16. The van der Waals surface area contributed by atoms with Gasteiger partial charge in [0.1, 0.15) is 18.1 Å². The zero-order valence-corrected chi connectivity index (χ0v) is 10.5. The van der Waals surface area contributed by atoms with Crippen LogP contribution in [0.15, 0.2) is 42.7 Å². The van der Waals surface area contributed by atoms with Gasteiger partial charge in [0.2, 0.25) is 0 Å². The molecule has 0 atom stereocenters. The molecule has 0 radical (unpaired) electrons. The van der Waals surface area contributed by atoms with Crippen molar-refractivity contribution in [3.8, 4) is 5.69 Å². The maximum atomic E-state index is 8.80. The van der Waals surface area contributed by atoms with Crippen molar-refractivity contribution in [3.05, 3.63) is 48.5 Å². The van der Waals surface area contributed by atoms with E-state index in [4.69, 9.17) is 5.11 Å². The number of aromatic nitrogens is 2. The van der Waals surface area contributed by atoms with Crippen LogP contribution in [0.1, 0.15) is 12.2 Å². The highest BCUT2D eigenvalue weighted by molar-refractivity contribution is 5.21. The number of nitrogens with zero attached hydrogens (tertiary/aromatic N) is 1. The second kappa shape index (κ2) is 6.45. The summed E-state index contributed by atoms with van der Waals surface area (Å²) in [7, 11) is 0. The molecule has 0 saturated carbocycles. The molecule has 0 saturated heterocycles. The average Bonchev–Trinajstić information content (AvgIpc) is 2.75. The lowest BCUT2D eigenvalue weighted by molar-refractivity contribution is -0.603. The fourth-order valence-corrected chi connectivity index (χ4v) is 1.64. The molecule has 2 N–H and O–H groups in total. The highest BCUT2D eigenvalue weighted by Crippen LogP contribution is 2.01. The third-order valence-corrected chi connectivity index (χ3v) is 2.37. The Morgan fingerprint density at radius 3 is 2.62 bits per heavy atom. The van der Waals surface area contributed by atoms with E-state index in [1.165, 1.54) is 0 Å². The first-order chi connectivity index (χ1) is 7.42. The number of aliphatic hydroxyl groups is 1. The lowest BCUT2D eigenvalue weighted by Gasteiger charge is -1.99. The highest BCUT2D eigenvalue weighted by atomic mass is 79.9. The zero-order valence-electron chi connectivity index (χ0n) is 8.94. The number of para-hydroxylation sites is 1. The third-order valence-electron chi connectivity index (χ3n) is 2.37. The van der Waals surface area contributed by atoms with Gasteiger partial charge in [0, 0.05) is 6.61 Å². The van der Waals surface area contributed by atoms with E-state index < -0.39 is 0 Å². The summed E-state index contributed by atoms with van der Waals surface area (Å²) in [5.41, 5.74) is 1.15. The lowest BCUT2D eigenvalue weighted by Crippen LogP contribution is -3.00. The number of rotatable bonds is 4. The Hall–Kier alpha value is -1.13. The van der Waals surface area contributed by atoms with E-state index in [0.29, 0.717) is 0 Å². The van der Waals surface area contributed by atoms with Gasteiger partial charge >= 0.3 is 0 Å². The minimum atomic E-state index is 0. The van der Waals surface area contributed by atoms with Crippen LogP contribution < -0.4 is 21.5 Å². The Labute approximate surface area is 106 Å². The van der Waals surface area contributed by atoms with Gasteiger partial charge in [0.25, 0.3) is 5.82 Å². The van der Waals surface area contributed by atoms with Crippen molar-refractivity contribution in [1.29, 1.82) is 0 Å². The van der Waals surface area contributed by atoms with Crippen LogP contribution in [-0.2, 0) is 6.42 Å². The molecule has 0 spiro atoms. The number of hydrogen-bond donors (Lipinski definition) is 2. The van der Waals surface area contributed by atoms with Gasteiger partial charge in [0.05, 0.1) is 6.42 Å². The molecule has 0 bridgehead atoms. The molecule has 4 heteroatoms. The van der Waals surface area contributed by atoms with Gasteiger partial charge in [-0.15, -0.1) is 0 Å². The number of imidazole rings is 1. The van der Waals surface area contributed by atoms with Crippen molar-refractivity contribution < 1.29 is 26.7 Å². The summed E-state index contributed by atoms with van der Waals surface area (Å²) in [4.78, 5) is 3.19. The first-order valence-corrected chi connectivity index (χ1v) is 5.16. The topological polar surface area (TPSA) is 39.9 Å². The van der Waals surface area contributed by atoms with E-state index >= 15 is 0 Å². The monoisotopic (exact) mass is 282 g/mol. The van der Waals surface area contributed by atoms with Gasteiger partial charge in [0.15, 0.2) is 0 Å². The molecule has 1 heterocycles. The van der Waals surface area contributed by atoms with Crippen LogP contribution in [0.4, 0.5) is 0 Å². The number of hydrogen-bond acceptors (Lipinski definition) is 1. The second-order valence-corrected chi connectivity index (χ2v) is 3.44. The van der Waals surface area contributed by atoms with Crippen molar-refractivity contribution >= 4 is 0 Å². The number of halogens is 1. The van der Waals surface area contributed by atoms with Gasteiger partial charge in [-0.25, -0.2) is 4.98 Å². The molecule has 0 unspecified atom stereocenters. The second-order valence-electron chi connectivity index (χ2n) is 3.44. The SMILES string of the molecule is OCCCc1[nH]cc[n+]1-c1ccccc1.[Br-]. The number of nitrogens with one attached hydrogen (secondary N) is 1. The molecule has 2 aromatic rings. The van der Waals surface area contributed by atoms with Crippen LogP contribution >= 0.6 is 0 Å². The summed E-state index contributed by atoms with van der Waals surface area (Å²) in [5, 5.41) is 8.80. The Bertz CT molecular complexity index is 414. The molecule has 0 aliphatic carbocycles. The number of benzene rings is 1. The Balaban J connectivity index is 0.00000128. The smallest absolute Gasteiger partial charge is 0.259 e. The molecule has 16 heavy (non-hydrogen) atoms. The minimum Gasteiger partial charge on any atom is -1.00 e. The van der Waals surface area contributed by atoms with E-state index in [0.717, 1.165) is 24.4 Å². The van der Waals surface area contributed by atoms with Crippen LogP contribution in [0.3, 0.4) is 0 Å². The van der Waals surface area contributed by atoms with Gasteiger partial charge in [-0.1, -0.05) is 18.2 Å². The number of aliphatic hydroxyl groups excluding tert-OH is 1. The van der Waals surface area contributed by atoms with Crippen LogP contribution in [0, 0.1) is 0 Å². The Morgan fingerprint density at radius 1 is 1.19 bits per heavy atom. The number of aryl methyl sites for hydroxylation is 1. The molecule has 3 nitrogen and oxygen atoms in total. The van der Waals surface area contributed by atoms with Crippen LogP contribution in [0.2, 0.25) is 0 Å². The third kappa shape index (κ3) is 2.93. The van der Waals surface area contributed by atoms with Crippen LogP contribution in [-0.4, -0.2) is 16.7 Å². The molecular formula is C12H15BrN2O. The summed E-state index contributed by atoms with van der Waals surface area (Å²) in [6.07, 6.45) is 5.56. The van der Waals surface area contributed by atoms with E-state index in [1.807, 2.05) is 30.6 Å². The summed E-state index contributed by atoms with van der Waals surface area (Å²) in [5.74, 6) is 1.12. The van der Waals surface area contributed by atoms with Crippen molar-refractivity contribution in [3.63, 3.8) is 0 Å². The first kappa shape index (κ1) is 12.9. The predicted molar refractivity (Wildman–Crippen MR) is 57.7 cm³/mol. The highest BCUT2D eigenvalue weighted by Gasteiger charge is 2.11. The lowest BCUT2D eigenvalue weighted by atomic mass is 10.3.